The van der Waals surface area contributed by atoms with Gasteiger partial charge in [-0.1, -0.05) is 33.6 Å². The van der Waals surface area contributed by atoms with E-state index in [0.717, 1.165) is 10.0 Å². The van der Waals surface area contributed by atoms with Crippen molar-refractivity contribution < 1.29 is 4.79 Å². The van der Waals surface area contributed by atoms with E-state index in [2.05, 4.69) is 26.6 Å². The molecule has 1 amide bonds. The first-order valence-corrected chi connectivity index (χ1v) is 6.60. The first kappa shape index (κ1) is 14.5. The lowest BCUT2D eigenvalue weighted by molar-refractivity contribution is -0.120. The molecule has 0 unspecified atom stereocenters. The molecular weight excluding hydrogens is 304 g/mol. The molecule has 5 heteroatoms. The van der Waals surface area contributed by atoms with Crippen LogP contribution in [-0.2, 0) is 11.3 Å². The predicted octanol–water partition coefficient (Wildman–Crippen LogP) is 2.72. The average molecular weight is 320 g/mol. The van der Waals surface area contributed by atoms with Crippen LogP contribution < -0.4 is 10.6 Å². The van der Waals surface area contributed by atoms with Gasteiger partial charge < -0.3 is 10.6 Å². The maximum absolute atomic E-state index is 11.4. The van der Waals surface area contributed by atoms with Gasteiger partial charge in [0.25, 0.3) is 0 Å². The molecule has 1 aromatic rings. The Morgan fingerprint density at radius 3 is 2.76 bits per heavy atom. The first-order valence-electron chi connectivity index (χ1n) is 5.43. The fourth-order valence-corrected chi connectivity index (χ4v) is 2.17. The third-order valence-corrected chi connectivity index (χ3v) is 3.04. The molecule has 0 saturated heterocycles. The Bertz CT molecular complexity index is 396. The molecule has 17 heavy (non-hydrogen) atoms. The van der Waals surface area contributed by atoms with Crippen LogP contribution in [0.15, 0.2) is 22.7 Å². The molecule has 2 N–H and O–H groups in total. The molecule has 0 radical (unpaired) electrons. The van der Waals surface area contributed by atoms with Gasteiger partial charge >= 0.3 is 0 Å². The highest BCUT2D eigenvalue weighted by Crippen LogP contribution is 2.21. The van der Waals surface area contributed by atoms with Crippen molar-refractivity contribution in [1.82, 2.24) is 10.6 Å². The third-order valence-electron chi connectivity index (χ3n) is 2.07. The normalized spacial score (nSPS) is 10.6. The molecule has 0 aliphatic carbocycles. The second kappa shape index (κ2) is 6.99. The second-order valence-electron chi connectivity index (χ2n) is 4.06. The fraction of sp³-hybridized carbons (Fsp3) is 0.417. The topological polar surface area (TPSA) is 41.1 Å². The van der Waals surface area contributed by atoms with Crippen molar-refractivity contribution in [3.8, 4) is 0 Å². The lowest BCUT2D eigenvalue weighted by atomic mass is 10.2. The van der Waals surface area contributed by atoms with E-state index in [4.69, 9.17) is 11.6 Å². The van der Waals surface area contributed by atoms with Crippen LogP contribution in [0.1, 0.15) is 19.4 Å². The number of carbonyl (C=O) groups excluding carboxylic acids is 1. The van der Waals surface area contributed by atoms with Crippen LogP contribution in [0.5, 0.6) is 0 Å². The Morgan fingerprint density at radius 1 is 1.47 bits per heavy atom. The Labute approximate surface area is 115 Å². The molecular formula is C12H16BrClN2O. The first-order chi connectivity index (χ1) is 7.99. The van der Waals surface area contributed by atoms with Crippen molar-refractivity contribution in [2.24, 2.45) is 0 Å². The summed E-state index contributed by atoms with van der Waals surface area (Å²) in [5.74, 6) is 0.00471. The van der Waals surface area contributed by atoms with Crippen LogP contribution in [0.4, 0.5) is 0 Å². The van der Waals surface area contributed by atoms with Crippen LogP contribution >= 0.6 is 27.5 Å². The van der Waals surface area contributed by atoms with E-state index < -0.39 is 0 Å². The van der Waals surface area contributed by atoms with Crippen molar-refractivity contribution in [3.05, 3.63) is 33.3 Å². The smallest absolute Gasteiger partial charge is 0.234 e. The average Bonchev–Trinajstić information content (AvgIpc) is 2.20. The minimum Gasteiger partial charge on any atom is -0.353 e. The minimum atomic E-state index is 0.00471. The van der Waals surface area contributed by atoms with E-state index in [1.165, 1.54) is 0 Å². The highest BCUT2D eigenvalue weighted by Gasteiger charge is 2.04. The minimum absolute atomic E-state index is 0.00471. The molecule has 0 bridgehead atoms. The standard InChI is InChI=1S/C12H16BrClN2O/c1-8(2)16-12(17)7-15-6-9-3-4-10(14)5-11(9)13/h3-5,8,15H,6-7H2,1-2H3,(H,16,17). The molecule has 3 nitrogen and oxygen atoms in total. The maximum atomic E-state index is 11.4. The SMILES string of the molecule is CC(C)NC(=O)CNCc1ccc(Cl)cc1Br. The number of carbonyl (C=O) groups is 1. The van der Waals surface area contributed by atoms with Gasteiger partial charge in [0.05, 0.1) is 6.54 Å². The zero-order chi connectivity index (χ0) is 12.8. The fourth-order valence-electron chi connectivity index (χ4n) is 1.35. The lowest BCUT2D eigenvalue weighted by Gasteiger charge is -2.10. The number of halogens is 2. The van der Waals surface area contributed by atoms with E-state index in [0.29, 0.717) is 18.1 Å². The molecule has 0 aliphatic heterocycles. The van der Waals surface area contributed by atoms with Crippen molar-refractivity contribution >= 4 is 33.4 Å². The number of amides is 1. The zero-order valence-corrected chi connectivity index (χ0v) is 12.2. The predicted molar refractivity (Wildman–Crippen MR) is 74.1 cm³/mol. The summed E-state index contributed by atoms with van der Waals surface area (Å²) in [6.07, 6.45) is 0. The summed E-state index contributed by atoms with van der Waals surface area (Å²) in [5, 5.41) is 6.59. The Morgan fingerprint density at radius 2 is 2.18 bits per heavy atom. The highest BCUT2D eigenvalue weighted by atomic mass is 79.9. The molecule has 0 saturated carbocycles. The summed E-state index contributed by atoms with van der Waals surface area (Å²) >= 11 is 9.27. The summed E-state index contributed by atoms with van der Waals surface area (Å²) in [4.78, 5) is 11.4. The van der Waals surface area contributed by atoms with Gasteiger partial charge in [-0.2, -0.15) is 0 Å². The lowest BCUT2D eigenvalue weighted by Crippen LogP contribution is -2.37. The zero-order valence-electron chi connectivity index (χ0n) is 9.89. The summed E-state index contributed by atoms with van der Waals surface area (Å²) in [5.41, 5.74) is 1.08. The number of hydrogen-bond acceptors (Lipinski definition) is 2. The van der Waals surface area contributed by atoms with E-state index in [9.17, 15) is 4.79 Å². The second-order valence-corrected chi connectivity index (χ2v) is 5.35. The van der Waals surface area contributed by atoms with E-state index >= 15 is 0 Å². The van der Waals surface area contributed by atoms with Crippen LogP contribution in [0.3, 0.4) is 0 Å². The van der Waals surface area contributed by atoms with E-state index in [1.54, 1.807) is 0 Å². The molecule has 0 aliphatic rings. The Kier molecular flexibility index (Phi) is 5.95. The van der Waals surface area contributed by atoms with Crippen molar-refractivity contribution in [2.45, 2.75) is 26.4 Å². The number of benzene rings is 1. The van der Waals surface area contributed by atoms with Gasteiger partial charge in [0.2, 0.25) is 5.91 Å². The summed E-state index contributed by atoms with van der Waals surface area (Å²) in [6, 6.07) is 5.77. The summed E-state index contributed by atoms with van der Waals surface area (Å²) in [7, 11) is 0. The monoisotopic (exact) mass is 318 g/mol. The van der Waals surface area contributed by atoms with Crippen molar-refractivity contribution in [3.63, 3.8) is 0 Å². The molecule has 1 rings (SSSR count). The molecule has 94 valence electrons. The number of nitrogens with one attached hydrogen (secondary N) is 2. The maximum Gasteiger partial charge on any atom is 0.234 e. The van der Waals surface area contributed by atoms with Gasteiger partial charge in [0.1, 0.15) is 0 Å². The van der Waals surface area contributed by atoms with Gasteiger partial charge in [-0.3, -0.25) is 4.79 Å². The van der Waals surface area contributed by atoms with Gasteiger partial charge in [0, 0.05) is 22.1 Å². The quantitative estimate of drug-likeness (QED) is 0.876. The largest absolute Gasteiger partial charge is 0.353 e. The summed E-state index contributed by atoms with van der Waals surface area (Å²) in [6.45, 7) is 4.82. The number of rotatable bonds is 5. The number of hydrogen-bond donors (Lipinski definition) is 2. The molecule has 1 aromatic carbocycles. The Balaban J connectivity index is 2.38. The molecule has 0 spiro atoms. The highest BCUT2D eigenvalue weighted by molar-refractivity contribution is 9.10. The van der Waals surface area contributed by atoms with Crippen molar-refractivity contribution in [1.29, 1.82) is 0 Å². The van der Waals surface area contributed by atoms with Gasteiger partial charge in [-0.05, 0) is 31.5 Å². The molecule has 0 aromatic heterocycles. The van der Waals surface area contributed by atoms with Gasteiger partial charge in [-0.25, -0.2) is 0 Å². The third kappa shape index (κ3) is 5.52. The van der Waals surface area contributed by atoms with E-state index in [-0.39, 0.29) is 11.9 Å². The van der Waals surface area contributed by atoms with Gasteiger partial charge in [0.15, 0.2) is 0 Å². The van der Waals surface area contributed by atoms with Crippen LogP contribution in [0.2, 0.25) is 5.02 Å². The van der Waals surface area contributed by atoms with Crippen LogP contribution in [0, 0.1) is 0 Å². The molecule has 0 fully saturated rings. The summed E-state index contributed by atoms with van der Waals surface area (Å²) < 4.78 is 0.946. The van der Waals surface area contributed by atoms with Crippen LogP contribution in [-0.4, -0.2) is 18.5 Å². The van der Waals surface area contributed by atoms with Crippen molar-refractivity contribution in [2.75, 3.05) is 6.54 Å². The molecule has 0 heterocycles. The molecule has 0 atom stereocenters. The van der Waals surface area contributed by atoms with E-state index in [1.807, 2.05) is 32.0 Å². The van der Waals surface area contributed by atoms with Crippen LogP contribution in [0.25, 0.3) is 0 Å². The Hall–Kier alpha value is -0.580. The van der Waals surface area contributed by atoms with Gasteiger partial charge in [-0.15, -0.1) is 0 Å².